The molecule has 35 heavy (non-hydrogen) atoms. The minimum absolute atomic E-state index is 0.157. The number of ether oxygens (including phenoxy) is 2. The van der Waals surface area contributed by atoms with Gasteiger partial charge in [0.05, 0.1) is 43.4 Å². The number of carbonyl (C=O) groups excluding carboxylic acids is 1. The van der Waals surface area contributed by atoms with Crippen molar-refractivity contribution in [3.8, 4) is 17.3 Å². The molecule has 0 aliphatic carbocycles. The van der Waals surface area contributed by atoms with Gasteiger partial charge in [-0.25, -0.2) is 9.48 Å². The average Bonchev–Trinajstić information content (AvgIpc) is 3.45. The van der Waals surface area contributed by atoms with E-state index in [9.17, 15) is 4.79 Å². The Morgan fingerprint density at radius 1 is 1.06 bits per heavy atom. The number of nitrogens with one attached hydrogen (secondary N) is 1. The van der Waals surface area contributed by atoms with Gasteiger partial charge in [0.2, 0.25) is 0 Å². The fourth-order valence-corrected chi connectivity index (χ4v) is 4.65. The lowest BCUT2D eigenvalue weighted by Crippen LogP contribution is -2.43. The molecule has 2 aromatic carbocycles. The summed E-state index contributed by atoms with van der Waals surface area (Å²) in [6, 6.07) is 21.6. The van der Waals surface area contributed by atoms with Gasteiger partial charge < -0.3 is 24.3 Å². The molecule has 1 aliphatic heterocycles. The second kappa shape index (κ2) is 9.68. The van der Waals surface area contributed by atoms with E-state index >= 15 is 0 Å². The number of aryl methyl sites for hydroxylation is 1. The number of para-hydroxylation sites is 1. The topological polar surface area (TPSA) is 73.5 Å². The molecule has 1 atom stereocenters. The van der Waals surface area contributed by atoms with Crippen LogP contribution in [0.1, 0.15) is 28.6 Å². The molecule has 8 heteroatoms. The highest BCUT2D eigenvalue weighted by molar-refractivity contribution is 5.76. The third kappa shape index (κ3) is 4.17. The second-order valence-corrected chi connectivity index (χ2v) is 8.47. The molecule has 1 aliphatic rings. The quantitative estimate of drug-likeness (QED) is 0.427. The fraction of sp³-hybridized carbons (Fsp3) is 0.259. The van der Waals surface area contributed by atoms with Crippen LogP contribution in [0, 0.1) is 6.92 Å². The number of fused-ring (bicyclic) bond motifs is 3. The molecule has 8 nitrogen and oxygen atoms in total. The summed E-state index contributed by atoms with van der Waals surface area (Å²) in [5, 5.41) is 7.89. The first-order valence-electron chi connectivity index (χ1n) is 11.6. The van der Waals surface area contributed by atoms with Gasteiger partial charge >= 0.3 is 6.03 Å². The van der Waals surface area contributed by atoms with E-state index in [0.717, 1.165) is 39.8 Å². The third-order valence-electron chi connectivity index (χ3n) is 6.36. The number of hydrogen-bond donors (Lipinski definition) is 1. The Hall–Kier alpha value is -4.04. The molecule has 0 bridgehead atoms. The van der Waals surface area contributed by atoms with Gasteiger partial charge in [0.15, 0.2) is 0 Å². The Morgan fingerprint density at radius 2 is 1.83 bits per heavy atom. The third-order valence-corrected chi connectivity index (χ3v) is 6.36. The number of aromatic nitrogens is 3. The Morgan fingerprint density at radius 3 is 2.54 bits per heavy atom. The standard InChI is InChI=1S/C27H29N5O3/c1-19-23-18-31(27(33)28-15-17-34-2)25(20-11-13-22(35-3)14-12-20)24-10-7-16-30(24)26(23)32(29-19)21-8-5-4-6-9-21/h4-14,16,25H,15,17-18H2,1-3H3,(H,28,33)/t25-/m0/s1. The number of benzene rings is 2. The lowest BCUT2D eigenvalue weighted by molar-refractivity contribution is 0.168. The second-order valence-electron chi connectivity index (χ2n) is 8.47. The number of methoxy groups -OCH3 is 2. The van der Waals surface area contributed by atoms with E-state index < -0.39 is 0 Å². The molecule has 0 radical (unpaired) electrons. The Balaban J connectivity index is 1.68. The van der Waals surface area contributed by atoms with Crippen molar-refractivity contribution in [2.75, 3.05) is 27.4 Å². The Bertz CT molecular complexity index is 1310. The van der Waals surface area contributed by atoms with Crippen molar-refractivity contribution < 1.29 is 14.3 Å². The molecular weight excluding hydrogens is 442 g/mol. The maximum atomic E-state index is 13.6. The number of urea groups is 1. The number of rotatable bonds is 6. The SMILES string of the molecule is COCCNC(=O)N1Cc2c(C)nn(-c3ccccc3)c2-n2cccc2[C@@H]1c1ccc(OC)cc1. The highest BCUT2D eigenvalue weighted by Crippen LogP contribution is 2.38. The smallest absolute Gasteiger partial charge is 0.318 e. The van der Waals surface area contributed by atoms with Crippen LogP contribution >= 0.6 is 0 Å². The predicted octanol–water partition coefficient (Wildman–Crippen LogP) is 4.24. The monoisotopic (exact) mass is 471 g/mol. The van der Waals surface area contributed by atoms with Crippen LogP contribution in [0.4, 0.5) is 4.79 Å². The summed E-state index contributed by atoms with van der Waals surface area (Å²) in [5.41, 5.74) is 4.83. The highest BCUT2D eigenvalue weighted by Gasteiger charge is 2.35. The Kier molecular flexibility index (Phi) is 6.29. The minimum Gasteiger partial charge on any atom is -0.497 e. The lowest BCUT2D eigenvalue weighted by Gasteiger charge is -2.31. The zero-order chi connectivity index (χ0) is 24.4. The summed E-state index contributed by atoms with van der Waals surface area (Å²) in [4.78, 5) is 15.4. The molecular formula is C27H29N5O3. The van der Waals surface area contributed by atoms with E-state index in [2.05, 4.69) is 16.0 Å². The van der Waals surface area contributed by atoms with E-state index in [1.165, 1.54) is 0 Å². The maximum Gasteiger partial charge on any atom is 0.318 e. The predicted molar refractivity (Wildman–Crippen MR) is 133 cm³/mol. The molecule has 0 spiro atoms. The van der Waals surface area contributed by atoms with Crippen LogP contribution < -0.4 is 10.1 Å². The van der Waals surface area contributed by atoms with Gasteiger partial charge in [-0.3, -0.25) is 0 Å². The van der Waals surface area contributed by atoms with Gasteiger partial charge in [0.1, 0.15) is 11.6 Å². The highest BCUT2D eigenvalue weighted by atomic mass is 16.5. The van der Waals surface area contributed by atoms with Crippen LogP contribution in [0.25, 0.3) is 11.5 Å². The van der Waals surface area contributed by atoms with Gasteiger partial charge in [-0.1, -0.05) is 30.3 Å². The van der Waals surface area contributed by atoms with Crippen molar-refractivity contribution in [3.63, 3.8) is 0 Å². The summed E-state index contributed by atoms with van der Waals surface area (Å²) < 4.78 is 14.6. The number of nitrogens with zero attached hydrogens (tertiary/aromatic N) is 4. The summed E-state index contributed by atoms with van der Waals surface area (Å²) in [6.07, 6.45) is 2.04. The van der Waals surface area contributed by atoms with Crippen LogP contribution in [-0.4, -0.2) is 52.6 Å². The van der Waals surface area contributed by atoms with Crippen LogP contribution in [0.3, 0.4) is 0 Å². The van der Waals surface area contributed by atoms with E-state index in [1.54, 1.807) is 14.2 Å². The Labute approximate surface area is 204 Å². The molecule has 0 unspecified atom stereocenters. The van der Waals surface area contributed by atoms with Crippen molar-refractivity contribution in [1.29, 1.82) is 0 Å². The molecule has 0 saturated heterocycles. The van der Waals surface area contributed by atoms with Crippen LogP contribution in [0.5, 0.6) is 5.75 Å². The number of hydrogen-bond acceptors (Lipinski definition) is 4. The van der Waals surface area contributed by atoms with E-state index in [-0.39, 0.29) is 12.1 Å². The summed E-state index contributed by atoms with van der Waals surface area (Å²) in [6.45, 7) is 3.28. The van der Waals surface area contributed by atoms with Crippen molar-refractivity contribution >= 4 is 6.03 Å². The van der Waals surface area contributed by atoms with Gasteiger partial charge in [0.25, 0.3) is 0 Å². The minimum atomic E-state index is -0.311. The average molecular weight is 472 g/mol. The van der Waals surface area contributed by atoms with Gasteiger partial charge in [0, 0.05) is 25.4 Å². The van der Waals surface area contributed by atoms with Gasteiger partial charge in [-0.15, -0.1) is 0 Å². The molecule has 2 amide bonds. The van der Waals surface area contributed by atoms with Gasteiger partial charge in [-0.05, 0) is 48.9 Å². The van der Waals surface area contributed by atoms with E-state index in [1.807, 2.05) is 83.4 Å². The van der Waals surface area contributed by atoms with Crippen molar-refractivity contribution in [3.05, 3.63) is 95.4 Å². The lowest BCUT2D eigenvalue weighted by atomic mass is 10.0. The normalized spacial score (nSPS) is 14.7. The first-order valence-corrected chi connectivity index (χ1v) is 11.6. The van der Waals surface area contributed by atoms with Crippen LogP contribution in [0.2, 0.25) is 0 Å². The van der Waals surface area contributed by atoms with Crippen LogP contribution in [0.15, 0.2) is 72.9 Å². The first kappa shape index (κ1) is 22.7. The number of amides is 2. The fourth-order valence-electron chi connectivity index (χ4n) is 4.65. The van der Waals surface area contributed by atoms with Crippen molar-refractivity contribution in [2.24, 2.45) is 0 Å². The molecule has 180 valence electrons. The zero-order valence-corrected chi connectivity index (χ0v) is 20.1. The summed E-state index contributed by atoms with van der Waals surface area (Å²) in [7, 11) is 3.27. The van der Waals surface area contributed by atoms with Crippen molar-refractivity contribution in [1.82, 2.24) is 24.6 Å². The number of carbonyl (C=O) groups is 1. The maximum absolute atomic E-state index is 13.6. The molecule has 0 saturated carbocycles. The molecule has 3 heterocycles. The van der Waals surface area contributed by atoms with Crippen LogP contribution in [-0.2, 0) is 11.3 Å². The van der Waals surface area contributed by atoms with E-state index in [4.69, 9.17) is 14.6 Å². The largest absolute Gasteiger partial charge is 0.497 e. The summed E-state index contributed by atoms with van der Waals surface area (Å²) in [5.74, 6) is 1.71. The molecule has 1 N–H and O–H groups in total. The van der Waals surface area contributed by atoms with Crippen molar-refractivity contribution in [2.45, 2.75) is 19.5 Å². The zero-order valence-electron chi connectivity index (χ0n) is 20.1. The summed E-state index contributed by atoms with van der Waals surface area (Å²) >= 11 is 0. The van der Waals surface area contributed by atoms with E-state index in [0.29, 0.717) is 19.7 Å². The molecule has 5 rings (SSSR count). The molecule has 4 aromatic rings. The molecule has 2 aromatic heterocycles. The van der Waals surface area contributed by atoms with Gasteiger partial charge in [-0.2, -0.15) is 5.10 Å². The first-order chi connectivity index (χ1) is 17.1. The molecule has 0 fully saturated rings.